The molecule has 108 valence electrons. The molecule has 0 bridgehead atoms. The van der Waals surface area contributed by atoms with E-state index in [0.29, 0.717) is 11.3 Å². The second-order valence-corrected chi connectivity index (χ2v) is 4.22. The van der Waals surface area contributed by atoms with Gasteiger partial charge in [-0.15, -0.1) is 0 Å². The van der Waals surface area contributed by atoms with Crippen LogP contribution in [0, 0.1) is 17.0 Å². The molecule has 0 radical (unpaired) electrons. The number of benzene rings is 1. The van der Waals surface area contributed by atoms with Gasteiger partial charge in [-0.25, -0.2) is 4.98 Å². The van der Waals surface area contributed by atoms with Gasteiger partial charge in [-0.2, -0.15) is 0 Å². The van der Waals surface area contributed by atoms with Crippen LogP contribution in [0.2, 0.25) is 0 Å². The van der Waals surface area contributed by atoms with Gasteiger partial charge >= 0.3 is 0 Å². The lowest BCUT2D eigenvalue weighted by molar-refractivity contribution is -0.385. The Hall–Kier alpha value is -2.96. The Balaban J connectivity index is 2.33. The Morgan fingerprint density at radius 2 is 2.10 bits per heavy atom. The molecule has 0 fully saturated rings. The van der Waals surface area contributed by atoms with Crippen molar-refractivity contribution >= 4 is 17.4 Å². The minimum atomic E-state index is -0.520. The van der Waals surface area contributed by atoms with E-state index in [-0.39, 0.29) is 17.1 Å². The van der Waals surface area contributed by atoms with Crippen molar-refractivity contribution in [2.45, 2.75) is 6.92 Å². The van der Waals surface area contributed by atoms with Crippen molar-refractivity contribution in [3.63, 3.8) is 0 Å². The van der Waals surface area contributed by atoms with Crippen LogP contribution >= 0.6 is 0 Å². The number of amides is 1. The number of aromatic nitrogens is 1. The molecule has 0 aliphatic carbocycles. The molecular weight excluding hydrogens is 274 g/mol. The first-order valence-corrected chi connectivity index (χ1v) is 6.09. The Labute approximate surface area is 120 Å². The fourth-order valence-corrected chi connectivity index (χ4v) is 1.89. The van der Waals surface area contributed by atoms with Crippen molar-refractivity contribution < 1.29 is 14.5 Å². The van der Waals surface area contributed by atoms with Gasteiger partial charge in [0.2, 0.25) is 0 Å². The summed E-state index contributed by atoms with van der Waals surface area (Å²) in [5.41, 5.74) is 0.419. The Morgan fingerprint density at radius 1 is 1.33 bits per heavy atom. The van der Waals surface area contributed by atoms with Crippen molar-refractivity contribution in [3.8, 4) is 5.75 Å². The van der Waals surface area contributed by atoms with Gasteiger partial charge in [-0.3, -0.25) is 14.9 Å². The van der Waals surface area contributed by atoms with Crippen LogP contribution in [0.4, 0.5) is 11.5 Å². The molecule has 0 atom stereocenters. The predicted octanol–water partition coefficient (Wildman–Crippen LogP) is 2.56. The minimum absolute atomic E-state index is 0.101. The standard InChI is InChI=1S/C14H13N3O4/c1-9-10(5-3-6-11(9)17(19)20)14(18)16-13-12(21-2)7-4-8-15-13/h3-8H,1-2H3,(H,15,16,18). The van der Waals surface area contributed by atoms with Crippen molar-refractivity contribution in [2.24, 2.45) is 0 Å². The number of ether oxygens (including phenoxy) is 1. The summed E-state index contributed by atoms with van der Waals surface area (Å²) in [5.74, 6) is 0.193. The van der Waals surface area contributed by atoms with Gasteiger partial charge < -0.3 is 10.1 Å². The highest BCUT2D eigenvalue weighted by molar-refractivity contribution is 6.06. The summed E-state index contributed by atoms with van der Waals surface area (Å²) < 4.78 is 5.09. The monoisotopic (exact) mass is 287 g/mol. The first kappa shape index (κ1) is 14.4. The fourth-order valence-electron chi connectivity index (χ4n) is 1.89. The number of hydrogen-bond acceptors (Lipinski definition) is 5. The molecular formula is C14H13N3O4. The molecule has 2 rings (SSSR count). The molecule has 21 heavy (non-hydrogen) atoms. The lowest BCUT2D eigenvalue weighted by Gasteiger charge is -2.10. The number of nitrogens with one attached hydrogen (secondary N) is 1. The highest BCUT2D eigenvalue weighted by atomic mass is 16.6. The number of anilines is 1. The Morgan fingerprint density at radius 3 is 2.76 bits per heavy atom. The third-order valence-corrected chi connectivity index (χ3v) is 2.97. The van der Waals surface area contributed by atoms with E-state index in [0.717, 1.165) is 0 Å². The number of methoxy groups -OCH3 is 1. The van der Waals surface area contributed by atoms with Crippen LogP contribution < -0.4 is 10.1 Å². The van der Waals surface area contributed by atoms with Crippen LogP contribution in [0.15, 0.2) is 36.5 Å². The van der Waals surface area contributed by atoms with E-state index in [2.05, 4.69) is 10.3 Å². The molecule has 0 saturated heterocycles. The van der Waals surface area contributed by atoms with Gasteiger partial charge in [0.15, 0.2) is 11.6 Å². The smallest absolute Gasteiger partial charge is 0.273 e. The van der Waals surface area contributed by atoms with E-state index in [9.17, 15) is 14.9 Å². The van der Waals surface area contributed by atoms with Gasteiger partial charge in [0, 0.05) is 23.4 Å². The molecule has 0 unspecified atom stereocenters. The summed E-state index contributed by atoms with van der Waals surface area (Å²) in [5, 5.41) is 13.5. The second-order valence-electron chi connectivity index (χ2n) is 4.22. The molecule has 1 N–H and O–H groups in total. The number of pyridine rings is 1. The van der Waals surface area contributed by atoms with Crippen LogP contribution in [-0.2, 0) is 0 Å². The zero-order chi connectivity index (χ0) is 15.4. The van der Waals surface area contributed by atoms with E-state index in [1.165, 1.54) is 38.4 Å². The lowest BCUT2D eigenvalue weighted by Crippen LogP contribution is -2.15. The second kappa shape index (κ2) is 6.00. The van der Waals surface area contributed by atoms with Crippen LogP contribution in [0.5, 0.6) is 5.75 Å². The molecule has 2 aromatic rings. The van der Waals surface area contributed by atoms with Gasteiger partial charge in [-0.1, -0.05) is 6.07 Å². The van der Waals surface area contributed by atoms with E-state index in [1.807, 2.05) is 0 Å². The maximum Gasteiger partial charge on any atom is 0.273 e. The summed E-state index contributed by atoms with van der Waals surface area (Å²) in [6, 6.07) is 7.67. The molecule has 7 nitrogen and oxygen atoms in total. The molecule has 1 amide bonds. The van der Waals surface area contributed by atoms with Crippen LogP contribution in [0.25, 0.3) is 0 Å². The highest BCUT2D eigenvalue weighted by Gasteiger charge is 2.19. The van der Waals surface area contributed by atoms with Crippen LogP contribution in [0.3, 0.4) is 0 Å². The van der Waals surface area contributed by atoms with Gasteiger partial charge in [-0.05, 0) is 25.1 Å². The molecule has 0 saturated carbocycles. The minimum Gasteiger partial charge on any atom is -0.493 e. The number of rotatable bonds is 4. The fraction of sp³-hybridized carbons (Fsp3) is 0.143. The zero-order valence-electron chi connectivity index (χ0n) is 11.5. The Kier molecular flexibility index (Phi) is 4.13. The van der Waals surface area contributed by atoms with Crippen molar-refractivity contribution in [1.82, 2.24) is 4.98 Å². The molecule has 0 aliphatic rings. The van der Waals surface area contributed by atoms with Crippen LogP contribution in [0.1, 0.15) is 15.9 Å². The Bertz CT molecular complexity index is 700. The average Bonchev–Trinajstić information content (AvgIpc) is 2.47. The van der Waals surface area contributed by atoms with E-state index in [4.69, 9.17) is 4.74 Å². The molecule has 0 spiro atoms. The summed E-state index contributed by atoms with van der Waals surface area (Å²) in [6.45, 7) is 1.53. The number of nitrogens with zero attached hydrogens (tertiary/aromatic N) is 2. The average molecular weight is 287 g/mol. The van der Waals surface area contributed by atoms with Crippen molar-refractivity contribution in [2.75, 3.05) is 12.4 Å². The largest absolute Gasteiger partial charge is 0.493 e. The number of nitro groups is 1. The molecule has 1 heterocycles. The van der Waals surface area contributed by atoms with Crippen molar-refractivity contribution in [3.05, 3.63) is 57.8 Å². The van der Waals surface area contributed by atoms with Crippen molar-refractivity contribution in [1.29, 1.82) is 0 Å². The van der Waals surface area contributed by atoms with Gasteiger partial charge in [0.1, 0.15) is 0 Å². The molecule has 0 aliphatic heterocycles. The normalized spacial score (nSPS) is 10.0. The van der Waals surface area contributed by atoms with Gasteiger partial charge in [0.25, 0.3) is 11.6 Å². The summed E-state index contributed by atoms with van der Waals surface area (Å²) in [6.07, 6.45) is 1.51. The first-order chi connectivity index (χ1) is 10.0. The number of nitro benzene ring substituents is 1. The predicted molar refractivity (Wildman–Crippen MR) is 76.6 cm³/mol. The quantitative estimate of drug-likeness (QED) is 0.688. The number of carbonyl (C=O) groups excluding carboxylic acids is 1. The SMILES string of the molecule is COc1cccnc1NC(=O)c1cccc([N+](=O)[O-])c1C. The number of carbonyl (C=O) groups is 1. The molecule has 7 heteroatoms. The summed E-state index contributed by atoms with van der Waals surface area (Å²) >= 11 is 0. The lowest BCUT2D eigenvalue weighted by atomic mass is 10.1. The third-order valence-electron chi connectivity index (χ3n) is 2.97. The maximum absolute atomic E-state index is 12.2. The zero-order valence-corrected chi connectivity index (χ0v) is 11.5. The molecule has 1 aromatic heterocycles. The third kappa shape index (κ3) is 2.97. The van der Waals surface area contributed by atoms with E-state index >= 15 is 0 Å². The topological polar surface area (TPSA) is 94.4 Å². The molecule has 1 aromatic carbocycles. The van der Waals surface area contributed by atoms with E-state index < -0.39 is 10.8 Å². The highest BCUT2D eigenvalue weighted by Crippen LogP contribution is 2.24. The van der Waals surface area contributed by atoms with Gasteiger partial charge in [0.05, 0.1) is 12.0 Å². The van der Waals surface area contributed by atoms with Crippen LogP contribution in [-0.4, -0.2) is 22.9 Å². The summed E-state index contributed by atoms with van der Waals surface area (Å²) in [7, 11) is 1.46. The van der Waals surface area contributed by atoms with E-state index in [1.54, 1.807) is 12.1 Å². The first-order valence-electron chi connectivity index (χ1n) is 6.09. The summed E-state index contributed by atoms with van der Waals surface area (Å²) in [4.78, 5) is 26.6. The maximum atomic E-state index is 12.2. The number of hydrogen-bond donors (Lipinski definition) is 1.